The standard InChI is InChI=1S/C31H29NO5/c1-3-37-31(36)21-14-16-24(17-15-21)32-27(25-11-7-4-8-19(25)2)26(29(34)30(32)35)28(33)23-13-12-20-9-5-6-10-22(20)18-23/h4,7-8,11-18,27,33H,3,5-6,9-10H2,1-2H3/b28-26+. The van der Waals surface area contributed by atoms with Crippen molar-refractivity contribution in [3.8, 4) is 0 Å². The van der Waals surface area contributed by atoms with E-state index < -0.39 is 23.7 Å². The van der Waals surface area contributed by atoms with Crippen LogP contribution in [0.4, 0.5) is 5.69 Å². The van der Waals surface area contributed by atoms with E-state index in [2.05, 4.69) is 0 Å². The predicted octanol–water partition coefficient (Wildman–Crippen LogP) is 5.68. The van der Waals surface area contributed by atoms with Gasteiger partial charge < -0.3 is 9.84 Å². The normalized spacial score (nSPS) is 18.5. The fraction of sp³-hybridized carbons (Fsp3) is 0.258. The Kier molecular flexibility index (Phi) is 6.66. The number of amides is 1. The number of rotatable bonds is 5. The molecule has 1 heterocycles. The number of aliphatic hydroxyl groups is 1. The summed E-state index contributed by atoms with van der Waals surface area (Å²) in [4.78, 5) is 40.4. The van der Waals surface area contributed by atoms with Crippen LogP contribution in [0.1, 0.15) is 64.0 Å². The SMILES string of the molecule is CCOC(=O)c1ccc(N2C(=O)C(=O)/C(=C(/O)c3ccc4c(c3)CCCC4)C2c2ccccc2C)cc1. The molecule has 0 bridgehead atoms. The van der Waals surface area contributed by atoms with Gasteiger partial charge in [0, 0.05) is 11.3 Å². The Balaban J connectivity index is 1.64. The van der Waals surface area contributed by atoms with Crippen molar-refractivity contribution in [3.63, 3.8) is 0 Å². The summed E-state index contributed by atoms with van der Waals surface area (Å²) in [5, 5.41) is 11.5. The van der Waals surface area contributed by atoms with Crippen molar-refractivity contribution in [2.75, 3.05) is 11.5 Å². The Morgan fingerprint density at radius 1 is 0.946 bits per heavy atom. The van der Waals surface area contributed by atoms with Crippen LogP contribution in [0, 0.1) is 6.92 Å². The monoisotopic (exact) mass is 495 g/mol. The topological polar surface area (TPSA) is 83.9 Å². The van der Waals surface area contributed by atoms with Gasteiger partial charge in [-0.2, -0.15) is 0 Å². The minimum atomic E-state index is -0.814. The molecular formula is C31H29NO5. The molecular weight excluding hydrogens is 466 g/mol. The highest BCUT2D eigenvalue weighted by molar-refractivity contribution is 6.51. The molecule has 6 heteroatoms. The molecule has 0 spiro atoms. The van der Waals surface area contributed by atoms with E-state index in [1.54, 1.807) is 31.2 Å². The fourth-order valence-corrected chi connectivity index (χ4v) is 5.30. The summed E-state index contributed by atoms with van der Waals surface area (Å²) in [7, 11) is 0. The van der Waals surface area contributed by atoms with Gasteiger partial charge in [0.1, 0.15) is 5.76 Å². The molecule has 0 radical (unpaired) electrons. The number of Topliss-reactive ketones (excluding diaryl/α,β-unsaturated/α-hetero) is 1. The van der Waals surface area contributed by atoms with Gasteiger partial charge in [-0.15, -0.1) is 0 Å². The number of carbonyl (C=O) groups excluding carboxylic acids is 3. The van der Waals surface area contributed by atoms with Crippen molar-refractivity contribution < 1.29 is 24.2 Å². The molecule has 0 aromatic heterocycles. The molecule has 5 rings (SSSR count). The molecule has 1 unspecified atom stereocenters. The summed E-state index contributed by atoms with van der Waals surface area (Å²) < 4.78 is 5.06. The largest absolute Gasteiger partial charge is 0.507 e. The summed E-state index contributed by atoms with van der Waals surface area (Å²) >= 11 is 0. The smallest absolute Gasteiger partial charge is 0.338 e. The molecule has 1 atom stereocenters. The zero-order valence-electron chi connectivity index (χ0n) is 21.0. The summed E-state index contributed by atoms with van der Waals surface area (Å²) in [6.07, 6.45) is 4.17. The molecule has 1 N–H and O–H groups in total. The predicted molar refractivity (Wildman–Crippen MR) is 141 cm³/mol. The van der Waals surface area contributed by atoms with E-state index in [-0.39, 0.29) is 17.9 Å². The minimum absolute atomic E-state index is 0.0597. The van der Waals surface area contributed by atoms with Crippen LogP contribution in [-0.2, 0) is 27.2 Å². The number of esters is 1. The number of aliphatic hydroxyl groups excluding tert-OH is 1. The van der Waals surface area contributed by atoms with Crippen LogP contribution in [0.25, 0.3) is 5.76 Å². The van der Waals surface area contributed by atoms with E-state index in [0.29, 0.717) is 16.8 Å². The van der Waals surface area contributed by atoms with Crippen molar-refractivity contribution in [3.05, 3.63) is 106 Å². The van der Waals surface area contributed by atoms with Gasteiger partial charge in [0.05, 0.1) is 23.8 Å². The van der Waals surface area contributed by atoms with Crippen LogP contribution in [0.3, 0.4) is 0 Å². The Labute approximate surface area is 216 Å². The third-order valence-electron chi connectivity index (χ3n) is 7.21. The van der Waals surface area contributed by atoms with Gasteiger partial charge in [0.25, 0.3) is 11.7 Å². The van der Waals surface area contributed by atoms with E-state index >= 15 is 0 Å². The highest BCUT2D eigenvalue weighted by atomic mass is 16.5. The Morgan fingerprint density at radius 2 is 1.62 bits per heavy atom. The van der Waals surface area contributed by atoms with Gasteiger partial charge in [-0.25, -0.2) is 4.79 Å². The number of ketones is 1. The molecule has 3 aromatic rings. The number of anilines is 1. The third-order valence-corrected chi connectivity index (χ3v) is 7.21. The molecule has 0 saturated carbocycles. The molecule has 37 heavy (non-hydrogen) atoms. The van der Waals surface area contributed by atoms with E-state index in [4.69, 9.17) is 4.74 Å². The summed E-state index contributed by atoms with van der Waals surface area (Å²) in [5.41, 5.74) is 5.47. The zero-order chi connectivity index (χ0) is 26.1. The van der Waals surface area contributed by atoms with Crippen LogP contribution in [0.15, 0.2) is 72.3 Å². The van der Waals surface area contributed by atoms with Crippen LogP contribution in [0.2, 0.25) is 0 Å². The number of hydrogen-bond donors (Lipinski definition) is 1. The number of benzene rings is 3. The Morgan fingerprint density at radius 3 is 2.32 bits per heavy atom. The van der Waals surface area contributed by atoms with Crippen molar-refractivity contribution in [2.24, 2.45) is 0 Å². The second kappa shape index (κ2) is 10.1. The number of hydrogen-bond acceptors (Lipinski definition) is 5. The first-order valence-corrected chi connectivity index (χ1v) is 12.7. The molecule has 6 nitrogen and oxygen atoms in total. The van der Waals surface area contributed by atoms with Gasteiger partial charge in [0.2, 0.25) is 0 Å². The van der Waals surface area contributed by atoms with E-state index in [0.717, 1.165) is 36.8 Å². The summed E-state index contributed by atoms with van der Waals surface area (Å²) in [6, 6.07) is 18.9. The lowest BCUT2D eigenvalue weighted by Crippen LogP contribution is -2.29. The first kappa shape index (κ1) is 24.5. The lowest BCUT2D eigenvalue weighted by atomic mass is 9.88. The molecule has 3 aromatic carbocycles. The van der Waals surface area contributed by atoms with Crippen LogP contribution in [-0.4, -0.2) is 29.4 Å². The van der Waals surface area contributed by atoms with Crippen molar-refractivity contribution in [1.29, 1.82) is 0 Å². The van der Waals surface area contributed by atoms with Crippen LogP contribution >= 0.6 is 0 Å². The van der Waals surface area contributed by atoms with Crippen LogP contribution < -0.4 is 4.90 Å². The second-order valence-electron chi connectivity index (χ2n) is 9.48. The lowest BCUT2D eigenvalue weighted by Gasteiger charge is -2.27. The first-order valence-electron chi connectivity index (χ1n) is 12.7. The van der Waals surface area contributed by atoms with E-state index in [9.17, 15) is 19.5 Å². The quantitative estimate of drug-likeness (QED) is 0.213. The molecule has 1 fully saturated rings. The molecule has 188 valence electrons. The Hall–Kier alpha value is -4.19. The van der Waals surface area contributed by atoms with Gasteiger partial charge in [-0.3, -0.25) is 14.5 Å². The van der Waals surface area contributed by atoms with Gasteiger partial charge in [0.15, 0.2) is 0 Å². The maximum Gasteiger partial charge on any atom is 0.338 e. The number of aryl methyl sites for hydroxylation is 3. The molecule has 1 saturated heterocycles. The van der Waals surface area contributed by atoms with Crippen LogP contribution in [0.5, 0.6) is 0 Å². The minimum Gasteiger partial charge on any atom is -0.507 e. The maximum absolute atomic E-state index is 13.5. The summed E-state index contributed by atoms with van der Waals surface area (Å²) in [5.74, 6) is -2.10. The first-order chi connectivity index (χ1) is 17.9. The van der Waals surface area contributed by atoms with Crippen molar-refractivity contribution >= 4 is 29.1 Å². The highest BCUT2D eigenvalue weighted by Crippen LogP contribution is 2.43. The van der Waals surface area contributed by atoms with E-state index in [1.165, 1.54) is 16.0 Å². The van der Waals surface area contributed by atoms with Gasteiger partial charge in [-0.1, -0.05) is 36.4 Å². The zero-order valence-corrected chi connectivity index (χ0v) is 21.0. The molecule has 1 aliphatic carbocycles. The van der Waals surface area contributed by atoms with Gasteiger partial charge >= 0.3 is 5.97 Å². The number of nitrogens with zero attached hydrogens (tertiary/aromatic N) is 1. The number of fused-ring (bicyclic) bond motifs is 1. The summed E-state index contributed by atoms with van der Waals surface area (Å²) in [6.45, 7) is 3.90. The average molecular weight is 496 g/mol. The highest BCUT2D eigenvalue weighted by Gasteiger charge is 2.47. The third kappa shape index (κ3) is 4.44. The van der Waals surface area contributed by atoms with E-state index in [1.807, 2.05) is 49.4 Å². The molecule has 1 aliphatic heterocycles. The van der Waals surface area contributed by atoms with Gasteiger partial charge in [-0.05, 0) is 92.1 Å². The van der Waals surface area contributed by atoms with Crippen molar-refractivity contribution in [1.82, 2.24) is 0 Å². The molecule has 1 amide bonds. The molecule has 2 aliphatic rings. The Bertz CT molecular complexity index is 1420. The average Bonchev–Trinajstić information content (AvgIpc) is 3.18. The fourth-order valence-electron chi connectivity index (χ4n) is 5.30. The second-order valence-corrected chi connectivity index (χ2v) is 9.48. The maximum atomic E-state index is 13.5. The number of carbonyl (C=O) groups is 3. The van der Waals surface area contributed by atoms with Crippen molar-refractivity contribution in [2.45, 2.75) is 45.6 Å². The number of ether oxygens (including phenoxy) is 1. The lowest BCUT2D eigenvalue weighted by molar-refractivity contribution is -0.132.